The predicted octanol–water partition coefficient (Wildman–Crippen LogP) is 0.580. The van der Waals surface area contributed by atoms with Crippen LogP contribution >= 0.6 is 11.6 Å². The predicted molar refractivity (Wildman–Crippen MR) is 80.8 cm³/mol. The summed E-state index contributed by atoms with van der Waals surface area (Å²) in [6, 6.07) is 0. The molecular formula is C12H20ClN5O3. The highest BCUT2D eigenvalue weighted by molar-refractivity contribution is 6.28. The molecule has 0 atom stereocenters. The number of aromatic nitrogens is 2. The van der Waals surface area contributed by atoms with E-state index in [9.17, 15) is 0 Å². The Morgan fingerprint density at radius 3 is 2.62 bits per heavy atom. The average Bonchev–Trinajstić information content (AvgIpc) is 2.52. The molecule has 21 heavy (non-hydrogen) atoms. The van der Waals surface area contributed by atoms with Gasteiger partial charge in [-0.15, -0.1) is 0 Å². The van der Waals surface area contributed by atoms with Crippen LogP contribution in [0, 0.1) is 0 Å². The molecule has 1 aromatic rings. The van der Waals surface area contributed by atoms with Crippen molar-refractivity contribution in [1.82, 2.24) is 9.97 Å². The van der Waals surface area contributed by atoms with Crippen molar-refractivity contribution in [3.05, 3.63) is 5.28 Å². The molecular weight excluding hydrogens is 298 g/mol. The maximum Gasteiger partial charge on any atom is 0.226 e. The monoisotopic (exact) mass is 317 g/mol. The van der Waals surface area contributed by atoms with Crippen LogP contribution in [0.1, 0.15) is 0 Å². The second kappa shape index (κ2) is 7.60. The van der Waals surface area contributed by atoms with Gasteiger partial charge in [-0.2, -0.15) is 9.97 Å². The Labute approximate surface area is 128 Å². The summed E-state index contributed by atoms with van der Waals surface area (Å²) in [7, 11) is 3.12. The minimum atomic E-state index is -0.398. The van der Waals surface area contributed by atoms with Gasteiger partial charge in [0.2, 0.25) is 5.28 Å². The third kappa shape index (κ3) is 4.07. The number of ether oxygens (including phenoxy) is 3. The van der Waals surface area contributed by atoms with E-state index in [1.807, 2.05) is 4.90 Å². The van der Waals surface area contributed by atoms with Gasteiger partial charge in [-0.25, -0.2) is 0 Å². The molecule has 2 heterocycles. The highest BCUT2D eigenvalue weighted by Crippen LogP contribution is 2.29. The summed E-state index contributed by atoms with van der Waals surface area (Å²) in [5.41, 5.74) is 6.59. The minimum absolute atomic E-state index is 0.138. The number of anilines is 3. The Balaban J connectivity index is 2.15. The summed E-state index contributed by atoms with van der Waals surface area (Å²) >= 11 is 5.99. The molecule has 1 aliphatic heterocycles. The third-order valence-corrected chi connectivity index (χ3v) is 3.34. The quantitative estimate of drug-likeness (QED) is 0.581. The second-order valence-electron chi connectivity index (χ2n) is 4.46. The highest BCUT2D eigenvalue weighted by Gasteiger charge is 2.19. The maximum atomic E-state index is 6.14. The molecule has 0 amide bonds. The van der Waals surface area contributed by atoms with Crippen LogP contribution in [-0.4, -0.2) is 63.3 Å². The van der Waals surface area contributed by atoms with E-state index in [0.29, 0.717) is 37.1 Å². The van der Waals surface area contributed by atoms with Gasteiger partial charge in [-0.05, 0) is 11.6 Å². The Hall–Kier alpha value is -1.35. The number of nitrogens with two attached hydrogens (primary N) is 1. The van der Waals surface area contributed by atoms with Crippen molar-refractivity contribution in [2.45, 2.75) is 6.29 Å². The van der Waals surface area contributed by atoms with E-state index in [4.69, 9.17) is 31.5 Å². The van der Waals surface area contributed by atoms with Crippen LogP contribution in [0.15, 0.2) is 0 Å². The van der Waals surface area contributed by atoms with Crippen molar-refractivity contribution in [3.8, 4) is 0 Å². The van der Waals surface area contributed by atoms with E-state index in [0.717, 1.165) is 13.1 Å². The van der Waals surface area contributed by atoms with Crippen LogP contribution in [0.25, 0.3) is 0 Å². The first-order valence-corrected chi connectivity index (χ1v) is 6.98. The van der Waals surface area contributed by atoms with Crippen molar-refractivity contribution in [2.75, 3.05) is 63.0 Å². The van der Waals surface area contributed by atoms with E-state index in [2.05, 4.69) is 15.3 Å². The molecule has 0 spiro atoms. The summed E-state index contributed by atoms with van der Waals surface area (Å²) in [4.78, 5) is 10.4. The number of halogens is 1. The number of nitrogens with zero attached hydrogens (tertiary/aromatic N) is 3. The van der Waals surface area contributed by atoms with Crippen molar-refractivity contribution >= 4 is 28.9 Å². The van der Waals surface area contributed by atoms with Gasteiger partial charge in [0.15, 0.2) is 17.9 Å². The summed E-state index contributed by atoms with van der Waals surface area (Å²) in [6.07, 6.45) is -0.398. The zero-order valence-electron chi connectivity index (χ0n) is 12.1. The zero-order chi connectivity index (χ0) is 15.2. The van der Waals surface area contributed by atoms with Gasteiger partial charge in [-0.3, -0.25) is 0 Å². The highest BCUT2D eigenvalue weighted by atomic mass is 35.5. The fourth-order valence-corrected chi connectivity index (χ4v) is 2.19. The molecule has 1 aliphatic rings. The van der Waals surface area contributed by atoms with Crippen LogP contribution in [0.3, 0.4) is 0 Å². The summed E-state index contributed by atoms with van der Waals surface area (Å²) < 4.78 is 15.5. The largest absolute Gasteiger partial charge is 0.393 e. The molecule has 0 aromatic carbocycles. The summed E-state index contributed by atoms with van der Waals surface area (Å²) in [5.74, 6) is 1.09. The lowest BCUT2D eigenvalue weighted by atomic mass is 10.3. The van der Waals surface area contributed by atoms with Gasteiger partial charge >= 0.3 is 0 Å². The first kappa shape index (κ1) is 16.0. The molecule has 0 saturated carbocycles. The molecule has 1 saturated heterocycles. The molecule has 1 aromatic heterocycles. The number of nitrogen functional groups attached to an aromatic ring is 1. The molecule has 0 aliphatic carbocycles. The van der Waals surface area contributed by atoms with Crippen LogP contribution < -0.4 is 16.0 Å². The molecule has 0 unspecified atom stereocenters. The Morgan fingerprint density at radius 1 is 1.33 bits per heavy atom. The third-order valence-electron chi connectivity index (χ3n) is 3.17. The Bertz CT molecular complexity index is 466. The number of nitrogens with one attached hydrogen (secondary N) is 1. The van der Waals surface area contributed by atoms with E-state index in [1.165, 1.54) is 0 Å². The van der Waals surface area contributed by atoms with Gasteiger partial charge in [0.25, 0.3) is 0 Å². The second-order valence-corrected chi connectivity index (χ2v) is 4.80. The van der Waals surface area contributed by atoms with Gasteiger partial charge in [0.1, 0.15) is 5.69 Å². The molecule has 118 valence electrons. The van der Waals surface area contributed by atoms with Crippen molar-refractivity contribution < 1.29 is 14.2 Å². The van der Waals surface area contributed by atoms with Gasteiger partial charge in [0, 0.05) is 27.3 Å². The lowest BCUT2D eigenvalue weighted by Crippen LogP contribution is -2.37. The fourth-order valence-electron chi connectivity index (χ4n) is 2.02. The first-order valence-electron chi connectivity index (χ1n) is 6.61. The molecule has 8 nitrogen and oxygen atoms in total. The number of morpholine rings is 1. The molecule has 2 rings (SSSR count). The SMILES string of the molecule is COC(CNc1nc(Cl)nc(N2CCOCC2)c1N)OC. The van der Waals surface area contributed by atoms with Gasteiger partial charge in [0.05, 0.1) is 19.8 Å². The number of hydrogen-bond donors (Lipinski definition) is 2. The van der Waals surface area contributed by atoms with E-state index < -0.39 is 6.29 Å². The van der Waals surface area contributed by atoms with Crippen molar-refractivity contribution in [3.63, 3.8) is 0 Å². The summed E-state index contributed by atoms with van der Waals surface area (Å²) in [5, 5.41) is 3.21. The van der Waals surface area contributed by atoms with Crippen LogP contribution in [0.2, 0.25) is 5.28 Å². The normalized spacial score (nSPS) is 15.5. The van der Waals surface area contributed by atoms with Crippen molar-refractivity contribution in [2.24, 2.45) is 0 Å². The minimum Gasteiger partial charge on any atom is -0.393 e. The zero-order valence-corrected chi connectivity index (χ0v) is 12.9. The average molecular weight is 318 g/mol. The molecule has 0 bridgehead atoms. The van der Waals surface area contributed by atoms with Crippen molar-refractivity contribution in [1.29, 1.82) is 0 Å². The number of methoxy groups -OCH3 is 2. The summed E-state index contributed by atoms with van der Waals surface area (Å²) in [6.45, 7) is 3.11. The van der Waals surface area contributed by atoms with E-state index in [-0.39, 0.29) is 5.28 Å². The van der Waals surface area contributed by atoms with Crippen LogP contribution in [0.5, 0.6) is 0 Å². The van der Waals surface area contributed by atoms with Crippen LogP contribution in [-0.2, 0) is 14.2 Å². The van der Waals surface area contributed by atoms with Crippen LogP contribution in [0.4, 0.5) is 17.3 Å². The fraction of sp³-hybridized carbons (Fsp3) is 0.667. The topological polar surface area (TPSA) is 94.8 Å². The maximum absolute atomic E-state index is 6.14. The molecule has 3 N–H and O–H groups in total. The van der Waals surface area contributed by atoms with Gasteiger partial charge < -0.3 is 30.2 Å². The lowest BCUT2D eigenvalue weighted by molar-refractivity contribution is -0.0914. The smallest absolute Gasteiger partial charge is 0.226 e. The standard InChI is InChI=1S/C12H20ClN5O3/c1-19-8(20-2)7-15-10-9(14)11(17-12(13)16-10)18-3-5-21-6-4-18/h8H,3-7,14H2,1-2H3,(H,15,16,17). The lowest BCUT2D eigenvalue weighted by Gasteiger charge is -2.29. The van der Waals surface area contributed by atoms with E-state index in [1.54, 1.807) is 14.2 Å². The molecule has 1 fully saturated rings. The van der Waals surface area contributed by atoms with Gasteiger partial charge in [-0.1, -0.05) is 0 Å². The number of hydrogen-bond acceptors (Lipinski definition) is 8. The molecule has 0 radical (unpaired) electrons. The Kier molecular flexibility index (Phi) is 5.80. The molecule has 9 heteroatoms. The van der Waals surface area contributed by atoms with E-state index >= 15 is 0 Å². The Morgan fingerprint density at radius 2 is 2.00 bits per heavy atom. The first-order chi connectivity index (χ1) is 10.2. The number of rotatable bonds is 6.